The number of rotatable bonds is 2. The zero-order valence-electron chi connectivity index (χ0n) is 10.4. The smallest absolute Gasteiger partial charge is 0.273 e. The summed E-state index contributed by atoms with van der Waals surface area (Å²) in [6, 6.07) is 6.85. The van der Waals surface area contributed by atoms with E-state index in [1.54, 1.807) is 12.1 Å². The molecule has 0 fully saturated rings. The summed E-state index contributed by atoms with van der Waals surface area (Å²) < 4.78 is 1.42. The highest BCUT2D eigenvalue weighted by molar-refractivity contribution is 7.12. The van der Waals surface area contributed by atoms with Crippen molar-refractivity contribution in [2.45, 2.75) is 6.92 Å². The third-order valence-electron chi connectivity index (χ3n) is 2.75. The molecule has 2 heterocycles. The van der Waals surface area contributed by atoms with Crippen LogP contribution < -0.4 is 5.56 Å². The number of thiazole rings is 1. The standard InChI is InChI=1S/C13H9Cl2N3OS/c1-7-4-12(19)18(17-7)13-16-11(6-20-13)8-2-3-9(14)10(15)5-8/h2-6,17H,1H3. The average molecular weight is 326 g/mol. The number of nitrogens with zero attached hydrogens (tertiary/aromatic N) is 2. The van der Waals surface area contributed by atoms with Crippen LogP contribution in [0.2, 0.25) is 10.0 Å². The first-order valence-electron chi connectivity index (χ1n) is 5.74. The Bertz CT molecular complexity index is 834. The summed E-state index contributed by atoms with van der Waals surface area (Å²) in [7, 11) is 0. The normalized spacial score (nSPS) is 10.9. The minimum atomic E-state index is -0.127. The fourth-order valence-electron chi connectivity index (χ4n) is 1.81. The van der Waals surface area contributed by atoms with E-state index in [9.17, 15) is 4.79 Å². The van der Waals surface area contributed by atoms with Crippen molar-refractivity contribution in [3.63, 3.8) is 0 Å². The Balaban J connectivity index is 2.04. The third-order valence-corrected chi connectivity index (χ3v) is 4.31. The summed E-state index contributed by atoms with van der Waals surface area (Å²) in [5, 5.41) is 6.39. The maximum absolute atomic E-state index is 11.7. The summed E-state index contributed by atoms with van der Waals surface area (Å²) in [6.07, 6.45) is 0. The zero-order chi connectivity index (χ0) is 14.3. The number of aromatic nitrogens is 3. The van der Waals surface area contributed by atoms with Gasteiger partial charge in [0.05, 0.1) is 15.7 Å². The van der Waals surface area contributed by atoms with Gasteiger partial charge in [-0.15, -0.1) is 11.3 Å². The molecule has 102 valence electrons. The number of aromatic amines is 1. The van der Waals surface area contributed by atoms with Crippen LogP contribution in [-0.4, -0.2) is 14.8 Å². The molecule has 1 aromatic carbocycles. The van der Waals surface area contributed by atoms with Gasteiger partial charge in [-0.3, -0.25) is 9.89 Å². The summed E-state index contributed by atoms with van der Waals surface area (Å²) in [4.78, 5) is 16.2. The Morgan fingerprint density at radius 1 is 1.25 bits per heavy atom. The fourth-order valence-corrected chi connectivity index (χ4v) is 2.91. The van der Waals surface area contributed by atoms with E-state index in [0.717, 1.165) is 17.0 Å². The van der Waals surface area contributed by atoms with E-state index >= 15 is 0 Å². The van der Waals surface area contributed by atoms with E-state index in [2.05, 4.69) is 10.1 Å². The molecule has 3 aromatic rings. The van der Waals surface area contributed by atoms with Crippen LogP contribution in [-0.2, 0) is 0 Å². The van der Waals surface area contributed by atoms with Crippen LogP contribution in [0.25, 0.3) is 16.4 Å². The summed E-state index contributed by atoms with van der Waals surface area (Å²) in [5.74, 6) is 0. The van der Waals surface area contributed by atoms with Gasteiger partial charge in [-0.05, 0) is 19.1 Å². The van der Waals surface area contributed by atoms with E-state index < -0.39 is 0 Å². The number of hydrogen-bond donors (Lipinski definition) is 1. The Morgan fingerprint density at radius 2 is 2.05 bits per heavy atom. The van der Waals surface area contributed by atoms with Crippen molar-refractivity contribution in [2.75, 3.05) is 0 Å². The minimum Gasteiger partial charge on any atom is -0.293 e. The largest absolute Gasteiger partial charge is 0.293 e. The third kappa shape index (κ3) is 2.40. The number of nitrogens with one attached hydrogen (secondary N) is 1. The van der Waals surface area contributed by atoms with Crippen molar-refractivity contribution < 1.29 is 0 Å². The zero-order valence-corrected chi connectivity index (χ0v) is 12.7. The highest BCUT2D eigenvalue weighted by atomic mass is 35.5. The summed E-state index contributed by atoms with van der Waals surface area (Å²) >= 11 is 13.3. The van der Waals surface area contributed by atoms with Crippen molar-refractivity contribution in [1.29, 1.82) is 0 Å². The molecule has 2 aromatic heterocycles. The van der Waals surface area contributed by atoms with E-state index in [-0.39, 0.29) is 5.56 Å². The number of H-pyrrole nitrogens is 1. The predicted molar refractivity (Wildman–Crippen MR) is 82.3 cm³/mol. The highest BCUT2D eigenvalue weighted by Crippen LogP contribution is 2.29. The topological polar surface area (TPSA) is 50.7 Å². The van der Waals surface area contributed by atoms with Gasteiger partial charge in [-0.1, -0.05) is 29.3 Å². The van der Waals surface area contributed by atoms with Crippen molar-refractivity contribution in [1.82, 2.24) is 14.8 Å². The van der Waals surface area contributed by atoms with Gasteiger partial charge in [0.1, 0.15) is 0 Å². The number of benzene rings is 1. The molecule has 4 nitrogen and oxygen atoms in total. The molecule has 0 aliphatic heterocycles. The van der Waals surface area contributed by atoms with Crippen LogP contribution in [0.15, 0.2) is 34.4 Å². The van der Waals surface area contributed by atoms with E-state index in [1.807, 2.05) is 18.4 Å². The number of aryl methyl sites for hydroxylation is 1. The Hall–Kier alpha value is -1.56. The highest BCUT2D eigenvalue weighted by Gasteiger charge is 2.10. The first kappa shape index (κ1) is 13.4. The lowest BCUT2D eigenvalue weighted by Gasteiger charge is -1.99. The second-order valence-corrected chi connectivity index (χ2v) is 5.91. The van der Waals surface area contributed by atoms with Crippen molar-refractivity contribution in [2.24, 2.45) is 0 Å². The van der Waals surface area contributed by atoms with Crippen LogP contribution in [0.4, 0.5) is 0 Å². The lowest BCUT2D eigenvalue weighted by molar-refractivity contribution is 0.827. The molecule has 1 N–H and O–H groups in total. The molecule has 0 saturated carbocycles. The van der Waals surface area contributed by atoms with Gasteiger partial charge in [0.25, 0.3) is 5.56 Å². The molecule has 0 unspecified atom stereocenters. The number of hydrogen-bond acceptors (Lipinski definition) is 3. The monoisotopic (exact) mass is 325 g/mol. The molecule has 0 radical (unpaired) electrons. The van der Waals surface area contributed by atoms with Gasteiger partial charge in [-0.2, -0.15) is 4.68 Å². The average Bonchev–Trinajstić information content (AvgIpc) is 2.99. The molecular formula is C13H9Cl2N3OS. The van der Waals surface area contributed by atoms with Gasteiger partial charge in [0, 0.05) is 22.7 Å². The molecular weight excluding hydrogens is 317 g/mol. The molecule has 0 spiro atoms. The molecule has 3 rings (SSSR count). The molecule has 0 amide bonds. The van der Waals surface area contributed by atoms with Crippen LogP contribution in [0.3, 0.4) is 0 Å². The maximum Gasteiger partial charge on any atom is 0.273 e. The first-order valence-corrected chi connectivity index (χ1v) is 7.38. The molecule has 0 aliphatic rings. The minimum absolute atomic E-state index is 0.127. The summed E-state index contributed by atoms with van der Waals surface area (Å²) in [5.41, 5.74) is 2.28. The second-order valence-electron chi connectivity index (χ2n) is 4.26. The fraction of sp³-hybridized carbons (Fsp3) is 0.0769. The van der Waals surface area contributed by atoms with Gasteiger partial charge < -0.3 is 0 Å². The van der Waals surface area contributed by atoms with Crippen molar-refractivity contribution in [3.8, 4) is 16.4 Å². The first-order chi connectivity index (χ1) is 9.54. The van der Waals surface area contributed by atoms with E-state index in [4.69, 9.17) is 23.2 Å². The number of halogens is 2. The van der Waals surface area contributed by atoms with Crippen LogP contribution in [0, 0.1) is 6.92 Å². The maximum atomic E-state index is 11.7. The summed E-state index contributed by atoms with van der Waals surface area (Å²) in [6.45, 7) is 1.82. The molecule has 20 heavy (non-hydrogen) atoms. The predicted octanol–water partition coefficient (Wildman–Crippen LogP) is 3.90. The lowest BCUT2D eigenvalue weighted by Crippen LogP contribution is -2.12. The molecule has 7 heteroatoms. The molecule has 0 saturated heterocycles. The SMILES string of the molecule is Cc1cc(=O)n(-c2nc(-c3ccc(Cl)c(Cl)c3)cs2)[nH]1. The van der Waals surface area contributed by atoms with E-state index in [1.165, 1.54) is 22.1 Å². The van der Waals surface area contributed by atoms with Crippen molar-refractivity contribution in [3.05, 3.63) is 55.7 Å². The Kier molecular flexibility index (Phi) is 3.41. The quantitative estimate of drug-likeness (QED) is 0.776. The van der Waals surface area contributed by atoms with Crippen LogP contribution >= 0.6 is 34.5 Å². The van der Waals surface area contributed by atoms with Crippen molar-refractivity contribution >= 4 is 34.5 Å². The van der Waals surface area contributed by atoms with Crippen LogP contribution in [0.5, 0.6) is 0 Å². The molecule has 0 atom stereocenters. The lowest BCUT2D eigenvalue weighted by atomic mass is 10.2. The second kappa shape index (κ2) is 5.09. The van der Waals surface area contributed by atoms with E-state index in [0.29, 0.717) is 15.2 Å². The molecule has 0 bridgehead atoms. The molecule has 0 aliphatic carbocycles. The van der Waals surface area contributed by atoms with Crippen LogP contribution in [0.1, 0.15) is 5.69 Å². The Labute approximate surface area is 128 Å². The van der Waals surface area contributed by atoms with Gasteiger partial charge in [0.15, 0.2) is 0 Å². The van der Waals surface area contributed by atoms with Gasteiger partial charge >= 0.3 is 0 Å². The Morgan fingerprint density at radius 3 is 2.70 bits per heavy atom. The van der Waals surface area contributed by atoms with Gasteiger partial charge in [0.2, 0.25) is 5.13 Å². The van der Waals surface area contributed by atoms with Gasteiger partial charge in [-0.25, -0.2) is 4.98 Å².